The first-order chi connectivity index (χ1) is 11.5. The largest absolute Gasteiger partial charge is 0.480 e. The normalized spacial score (nSPS) is 15.7. The first kappa shape index (κ1) is 18.5. The van der Waals surface area contributed by atoms with E-state index in [1.54, 1.807) is 0 Å². The summed E-state index contributed by atoms with van der Waals surface area (Å²) in [7, 11) is 0. The Kier molecular flexibility index (Phi) is 6.79. The zero-order chi connectivity index (χ0) is 17.5. The van der Waals surface area contributed by atoms with Crippen molar-refractivity contribution in [1.82, 2.24) is 9.80 Å². The van der Waals surface area contributed by atoms with Crippen molar-refractivity contribution in [3.05, 3.63) is 35.4 Å². The minimum Gasteiger partial charge on any atom is -0.480 e. The lowest BCUT2D eigenvalue weighted by Gasteiger charge is -2.37. The molecule has 0 spiro atoms. The van der Waals surface area contributed by atoms with E-state index < -0.39 is 5.97 Å². The lowest BCUT2D eigenvalue weighted by Crippen LogP contribution is -2.48. The fraction of sp³-hybridized carbons (Fsp3) is 0.579. The predicted octanol–water partition coefficient (Wildman–Crippen LogP) is 2.33. The Morgan fingerprint density at radius 3 is 2.50 bits per heavy atom. The van der Waals surface area contributed by atoms with Crippen molar-refractivity contribution in [3.8, 4) is 0 Å². The molecule has 0 unspecified atom stereocenters. The van der Waals surface area contributed by atoms with Crippen molar-refractivity contribution in [3.63, 3.8) is 0 Å². The van der Waals surface area contributed by atoms with Crippen LogP contribution in [0.5, 0.6) is 0 Å². The molecule has 1 fully saturated rings. The molecule has 0 radical (unpaired) electrons. The highest BCUT2D eigenvalue weighted by molar-refractivity contribution is 5.76. The van der Waals surface area contributed by atoms with Gasteiger partial charge in [0.1, 0.15) is 0 Å². The van der Waals surface area contributed by atoms with Gasteiger partial charge in [-0.25, -0.2) is 0 Å². The molecule has 1 aliphatic rings. The van der Waals surface area contributed by atoms with Crippen molar-refractivity contribution in [2.75, 3.05) is 26.2 Å². The van der Waals surface area contributed by atoms with E-state index in [1.807, 2.05) is 28.9 Å². The van der Waals surface area contributed by atoms with Gasteiger partial charge in [0.2, 0.25) is 5.91 Å². The molecule has 0 bridgehead atoms. The Labute approximate surface area is 144 Å². The Bertz CT molecular complexity index is 565. The average Bonchev–Trinajstić information content (AvgIpc) is 2.58. The third-order valence-corrected chi connectivity index (χ3v) is 4.95. The zero-order valence-electron chi connectivity index (χ0n) is 14.7. The van der Waals surface area contributed by atoms with Gasteiger partial charge in [-0.2, -0.15) is 0 Å². The maximum atomic E-state index is 12.4. The van der Waals surface area contributed by atoms with Crippen LogP contribution in [0.4, 0.5) is 0 Å². The van der Waals surface area contributed by atoms with Crippen molar-refractivity contribution < 1.29 is 14.7 Å². The van der Waals surface area contributed by atoms with Crippen LogP contribution < -0.4 is 0 Å². The number of carboxylic acid groups (broad SMARTS) is 1. The zero-order valence-corrected chi connectivity index (χ0v) is 14.7. The molecule has 1 aliphatic heterocycles. The standard InChI is InChI=1S/C19H28N2O3/c1-3-20(14-19(23)24)17-10-12-21(13-11-17)18(22)9-8-16-7-5-4-6-15(16)2/h4-7,17H,3,8-14H2,1-2H3,(H,23,24). The lowest BCUT2D eigenvalue weighted by atomic mass is 10.0. The van der Waals surface area contributed by atoms with E-state index >= 15 is 0 Å². The van der Waals surface area contributed by atoms with E-state index in [1.165, 1.54) is 11.1 Å². The van der Waals surface area contributed by atoms with E-state index in [9.17, 15) is 9.59 Å². The van der Waals surface area contributed by atoms with Crippen LogP contribution in [0.25, 0.3) is 0 Å². The maximum Gasteiger partial charge on any atom is 0.317 e. The summed E-state index contributed by atoms with van der Waals surface area (Å²) in [5.74, 6) is -0.577. The number of carbonyl (C=O) groups excluding carboxylic acids is 1. The number of rotatable bonds is 7. The fourth-order valence-corrected chi connectivity index (χ4v) is 3.44. The minimum atomic E-state index is -0.784. The topological polar surface area (TPSA) is 60.9 Å². The van der Waals surface area contributed by atoms with Gasteiger partial charge in [-0.15, -0.1) is 0 Å². The second-order valence-electron chi connectivity index (χ2n) is 6.50. The molecular weight excluding hydrogens is 304 g/mol. The Balaban J connectivity index is 1.80. The third-order valence-electron chi connectivity index (χ3n) is 4.95. The monoisotopic (exact) mass is 332 g/mol. The highest BCUT2D eigenvalue weighted by atomic mass is 16.4. The SMILES string of the molecule is CCN(CC(=O)O)C1CCN(C(=O)CCc2ccccc2C)CC1. The van der Waals surface area contributed by atoms with Gasteiger partial charge >= 0.3 is 5.97 Å². The molecule has 1 aromatic carbocycles. The molecule has 132 valence electrons. The predicted molar refractivity (Wildman–Crippen MR) is 94.0 cm³/mol. The number of amides is 1. The first-order valence-corrected chi connectivity index (χ1v) is 8.79. The number of benzene rings is 1. The summed E-state index contributed by atoms with van der Waals surface area (Å²) < 4.78 is 0. The smallest absolute Gasteiger partial charge is 0.317 e. The van der Waals surface area contributed by atoms with Gasteiger partial charge in [0.15, 0.2) is 0 Å². The van der Waals surface area contributed by atoms with Crippen LogP contribution in [0, 0.1) is 6.92 Å². The summed E-state index contributed by atoms with van der Waals surface area (Å²) in [6.07, 6.45) is 3.04. The lowest BCUT2D eigenvalue weighted by molar-refractivity contribution is -0.140. The molecule has 1 saturated heterocycles. The molecule has 1 aromatic rings. The second kappa shape index (κ2) is 8.83. The number of carbonyl (C=O) groups is 2. The summed E-state index contributed by atoms with van der Waals surface area (Å²) in [6, 6.07) is 8.46. The Morgan fingerprint density at radius 2 is 1.92 bits per heavy atom. The van der Waals surface area contributed by atoms with E-state index in [-0.39, 0.29) is 18.5 Å². The van der Waals surface area contributed by atoms with E-state index in [0.29, 0.717) is 6.42 Å². The van der Waals surface area contributed by atoms with Gasteiger partial charge in [0, 0.05) is 25.6 Å². The van der Waals surface area contributed by atoms with Gasteiger partial charge < -0.3 is 10.0 Å². The summed E-state index contributed by atoms with van der Waals surface area (Å²) in [4.78, 5) is 27.3. The molecule has 0 saturated carbocycles. The maximum absolute atomic E-state index is 12.4. The van der Waals surface area contributed by atoms with Crippen LogP contribution in [0.15, 0.2) is 24.3 Å². The van der Waals surface area contributed by atoms with Crippen molar-refractivity contribution in [2.45, 2.75) is 45.6 Å². The van der Waals surface area contributed by atoms with Crippen molar-refractivity contribution >= 4 is 11.9 Å². The van der Waals surface area contributed by atoms with Crippen LogP contribution >= 0.6 is 0 Å². The molecule has 0 atom stereocenters. The molecule has 1 heterocycles. The van der Waals surface area contributed by atoms with Gasteiger partial charge in [0.25, 0.3) is 0 Å². The summed E-state index contributed by atoms with van der Waals surface area (Å²) in [5, 5.41) is 8.98. The molecule has 1 amide bonds. The number of hydrogen-bond donors (Lipinski definition) is 1. The minimum absolute atomic E-state index is 0.0857. The Morgan fingerprint density at radius 1 is 1.25 bits per heavy atom. The number of likely N-dealkylation sites (N-methyl/N-ethyl adjacent to an activating group) is 1. The summed E-state index contributed by atoms with van der Waals surface area (Å²) >= 11 is 0. The molecule has 5 nitrogen and oxygen atoms in total. The van der Waals surface area contributed by atoms with Crippen LogP contribution in [0.2, 0.25) is 0 Å². The van der Waals surface area contributed by atoms with Gasteiger partial charge in [-0.1, -0.05) is 31.2 Å². The summed E-state index contributed by atoms with van der Waals surface area (Å²) in [6.45, 7) is 6.34. The van der Waals surface area contributed by atoms with Crippen LogP contribution in [-0.4, -0.2) is 59.0 Å². The molecular formula is C19H28N2O3. The third kappa shape index (κ3) is 5.06. The molecule has 24 heavy (non-hydrogen) atoms. The van der Waals surface area contributed by atoms with Gasteiger partial charge in [0.05, 0.1) is 6.54 Å². The first-order valence-electron chi connectivity index (χ1n) is 8.79. The van der Waals surface area contributed by atoms with Crippen molar-refractivity contribution in [1.29, 1.82) is 0 Å². The number of hydrogen-bond acceptors (Lipinski definition) is 3. The molecule has 0 aromatic heterocycles. The van der Waals surface area contributed by atoms with Crippen LogP contribution in [-0.2, 0) is 16.0 Å². The number of likely N-dealkylation sites (tertiary alicyclic amines) is 1. The number of nitrogens with zero attached hydrogens (tertiary/aromatic N) is 2. The second-order valence-corrected chi connectivity index (χ2v) is 6.50. The Hall–Kier alpha value is -1.88. The van der Waals surface area contributed by atoms with Gasteiger partial charge in [-0.3, -0.25) is 14.5 Å². The number of aryl methyl sites for hydroxylation is 2. The van der Waals surface area contributed by atoms with E-state index in [0.717, 1.165) is 38.9 Å². The van der Waals surface area contributed by atoms with Crippen molar-refractivity contribution in [2.24, 2.45) is 0 Å². The summed E-state index contributed by atoms with van der Waals surface area (Å²) in [5.41, 5.74) is 2.47. The molecule has 1 N–H and O–H groups in total. The number of aliphatic carboxylic acids is 1. The highest BCUT2D eigenvalue weighted by Gasteiger charge is 2.26. The highest BCUT2D eigenvalue weighted by Crippen LogP contribution is 2.18. The van der Waals surface area contributed by atoms with Gasteiger partial charge in [-0.05, 0) is 43.9 Å². The molecule has 0 aliphatic carbocycles. The molecule has 2 rings (SSSR count). The average molecular weight is 332 g/mol. The van der Waals surface area contributed by atoms with Crippen LogP contribution in [0.1, 0.15) is 37.3 Å². The van der Waals surface area contributed by atoms with E-state index in [4.69, 9.17) is 5.11 Å². The fourth-order valence-electron chi connectivity index (χ4n) is 3.44. The van der Waals surface area contributed by atoms with Crippen LogP contribution in [0.3, 0.4) is 0 Å². The van der Waals surface area contributed by atoms with E-state index in [2.05, 4.69) is 19.1 Å². The number of carboxylic acids is 1. The molecule has 5 heteroatoms. The quantitative estimate of drug-likeness (QED) is 0.832. The number of piperidine rings is 1.